The molecule has 1 atom stereocenters. The van der Waals surface area contributed by atoms with Gasteiger partial charge in [-0.25, -0.2) is 0 Å². The van der Waals surface area contributed by atoms with Gasteiger partial charge in [0.2, 0.25) is 5.91 Å². The number of rotatable bonds is 8. The maximum absolute atomic E-state index is 12.6. The van der Waals surface area contributed by atoms with E-state index in [2.05, 4.69) is 38.5 Å². The highest BCUT2D eigenvalue weighted by molar-refractivity contribution is 5.98. The summed E-state index contributed by atoms with van der Waals surface area (Å²) in [7, 11) is 1.51. The standard InChI is InChI=1S/C20H32N2O3/c1-6-7-8-9-13-16(20(2,3)4)19(24)22-21-18(23)15-12-10-11-14-17(15)25-5/h10-12,14,16H,6-9,13H2,1-5H3,(H,21,23)(H,22,24). The predicted molar refractivity (Wildman–Crippen MR) is 100 cm³/mol. The molecule has 0 fully saturated rings. The smallest absolute Gasteiger partial charge is 0.273 e. The van der Waals surface area contributed by atoms with Crippen LogP contribution in [0, 0.1) is 11.3 Å². The second-order valence-corrected chi connectivity index (χ2v) is 7.41. The molecule has 0 radical (unpaired) electrons. The summed E-state index contributed by atoms with van der Waals surface area (Å²) in [5, 5.41) is 0. The molecule has 1 aromatic rings. The minimum atomic E-state index is -0.385. The van der Waals surface area contributed by atoms with Gasteiger partial charge in [0.15, 0.2) is 0 Å². The number of para-hydroxylation sites is 1. The second-order valence-electron chi connectivity index (χ2n) is 7.41. The Hall–Kier alpha value is -2.04. The number of ether oxygens (including phenoxy) is 1. The van der Waals surface area contributed by atoms with Crippen LogP contribution in [0.3, 0.4) is 0 Å². The molecule has 2 amide bonds. The van der Waals surface area contributed by atoms with Gasteiger partial charge in [0, 0.05) is 5.92 Å². The number of amides is 2. The first-order valence-electron chi connectivity index (χ1n) is 9.04. The molecular weight excluding hydrogens is 316 g/mol. The topological polar surface area (TPSA) is 67.4 Å². The van der Waals surface area contributed by atoms with Crippen molar-refractivity contribution in [1.29, 1.82) is 0 Å². The van der Waals surface area contributed by atoms with Gasteiger partial charge in [-0.1, -0.05) is 65.5 Å². The van der Waals surface area contributed by atoms with Crippen molar-refractivity contribution in [3.05, 3.63) is 29.8 Å². The fourth-order valence-electron chi connectivity index (χ4n) is 2.84. The van der Waals surface area contributed by atoms with Gasteiger partial charge < -0.3 is 4.74 Å². The van der Waals surface area contributed by atoms with E-state index >= 15 is 0 Å². The zero-order valence-electron chi connectivity index (χ0n) is 16.1. The van der Waals surface area contributed by atoms with Gasteiger partial charge >= 0.3 is 0 Å². The Labute approximate surface area is 151 Å². The van der Waals surface area contributed by atoms with Crippen LogP contribution in [-0.4, -0.2) is 18.9 Å². The second kappa shape index (κ2) is 10.1. The zero-order valence-corrected chi connectivity index (χ0v) is 16.1. The van der Waals surface area contributed by atoms with Crippen LogP contribution < -0.4 is 15.6 Å². The van der Waals surface area contributed by atoms with Crippen molar-refractivity contribution >= 4 is 11.8 Å². The predicted octanol–water partition coefficient (Wildman–Crippen LogP) is 4.09. The summed E-state index contributed by atoms with van der Waals surface area (Å²) < 4.78 is 5.18. The average Bonchev–Trinajstić information content (AvgIpc) is 2.58. The third kappa shape index (κ3) is 6.77. The fourth-order valence-corrected chi connectivity index (χ4v) is 2.84. The van der Waals surface area contributed by atoms with Gasteiger partial charge in [0.1, 0.15) is 5.75 Å². The number of carbonyl (C=O) groups excluding carboxylic acids is 2. The quantitative estimate of drug-likeness (QED) is 0.549. The van der Waals surface area contributed by atoms with Gasteiger partial charge in [-0.15, -0.1) is 0 Å². The van der Waals surface area contributed by atoms with Crippen molar-refractivity contribution in [2.45, 2.75) is 59.8 Å². The van der Waals surface area contributed by atoms with Crippen LogP contribution in [0.15, 0.2) is 24.3 Å². The molecule has 1 unspecified atom stereocenters. The van der Waals surface area contributed by atoms with Gasteiger partial charge in [0.25, 0.3) is 5.91 Å². The van der Waals surface area contributed by atoms with Crippen LogP contribution >= 0.6 is 0 Å². The largest absolute Gasteiger partial charge is 0.496 e. The molecule has 2 N–H and O–H groups in total. The van der Waals surface area contributed by atoms with E-state index < -0.39 is 0 Å². The van der Waals surface area contributed by atoms with Crippen molar-refractivity contribution in [3.63, 3.8) is 0 Å². The summed E-state index contributed by atoms with van der Waals surface area (Å²) in [5.74, 6) is -0.208. The van der Waals surface area contributed by atoms with E-state index in [1.54, 1.807) is 24.3 Å². The first-order chi connectivity index (χ1) is 11.8. The average molecular weight is 348 g/mol. The summed E-state index contributed by atoms with van der Waals surface area (Å²) in [4.78, 5) is 24.9. The number of methoxy groups -OCH3 is 1. The SMILES string of the molecule is CCCCCCC(C(=O)NNC(=O)c1ccccc1OC)C(C)(C)C. The van der Waals surface area contributed by atoms with E-state index in [1.165, 1.54) is 20.0 Å². The molecule has 0 aliphatic heterocycles. The molecule has 0 spiro atoms. The first-order valence-corrected chi connectivity index (χ1v) is 9.04. The maximum Gasteiger partial charge on any atom is 0.273 e. The van der Waals surface area contributed by atoms with E-state index in [0.29, 0.717) is 11.3 Å². The minimum Gasteiger partial charge on any atom is -0.496 e. The maximum atomic E-state index is 12.6. The summed E-state index contributed by atoms with van der Waals surface area (Å²) in [6.45, 7) is 8.33. The van der Waals surface area contributed by atoms with Crippen molar-refractivity contribution < 1.29 is 14.3 Å². The van der Waals surface area contributed by atoms with E-state index in [0.717, 1.165) is 19.3 Å². The molecule has 0 saturated carbocycles. The number of hydrazine groups is 1. The molecule has 0 aliphatic rings. The van der Waals surface area contributed by atoms with Gasteiger partial charge in [-0.3, -0.25) is 20.4 Å². The summed E-state index contributed by atoms with van der Waals surface area (Å²) in [6.07, 6.45) is 5.32. The monoisotopic (exact) mass is 348 g/mol. The van der Waals surface area contributed by atoms with E-state index in [9.17, 15) is 9.59 Å². The molecule has 1 rings (SSSR count). The molecule has 0 heterocycles. The Balaban J connectivity index is 2.65. The Morgan fingerprint density at radius 3 is 2.36 bits per heavy atom. The first kappa shape index (κ1) is 21.0. The number of benzene rings is 1. The highest BCUT2D eigenvalue weighted by Crippen LogP contribution is 2.30. The van der Waals surface area contributed by atoms with Gasteiger partial charge in [0.05, 0.1) is 12.7 Å². The Kier molecular flexibility index (Phi) is 8.46. The van der Waals surface area contributed by atoms with Gasteiger partial charge in [-0.05, 0) is 24.0 Å². The minimum absolute atomic E-state index is 0.146. The molecule has 0 aromatic heterocycles. The lowest BCUT2D eigenvalue weighted by molar-refractivity contribution is -0.129. The number of nitrogens with one attached hydrogen (secondary N) is 2. The number of unbranched alkanes of at least 4 members (excludes halogenated alkanes) is 3. The Bertz CT molecular complexity index is 564. The van der Waals surface area contributed by atoms with Crippen molar-refractivity contribution in [3.8, 4) is 5.75 Å². The Morgan fingerprint density at radius 1 is 1.08 bits per heavy atom. The number of carbonyl (C=O) groups is 2. The van der Waals surface area contributed by atoms with Crippen LogP contribution in [0.1, 0.15) is 70.2 Å². The lowest BCUT2D eigenvalue weighted by atomic mass is 9.77. The number of hydrogen-bond donors (Lipinski definition) is 2. The van der Waals surface area contributed by atoms with Crippen LogP contribution in [-0.2, 0) is 4.79 Å². The number of hydrogen-bond acceptors (Lipinski definition) is 3. The third-order valence-electron chi connectivity index (χ3n) is 4.36. The summed E-state index contributed by atoms with van der Waals surface area (Å²) in [6, 6.07) is 6.92. The molecule has 0 saturated heterocycles. The molecule has 25 heavy (non-hydrogen) atoms. The third-order valence-corrected chi connectivity index (χ3v) is 4.36. The Morgan fingerprint density at radius 2 is 1.76 bits per heavy atom. The zero-order chi connectivity index (χ0) is 18.9. The fraction of sp³-hybridized carbons (Fsp3) is 0.600. The molecule has 1 aromatic carbocycles. The molecule has 140 valence electrons. The van der Waals surface area contributed by atoms with Crippen LogP contribution in [0.2, 0.25) is 0 Å². The normalized spacial score (nSPS) is 12.4. The van der Waals surface area contributed by atoms with E-state index in [-0.39, 0.29) is 23.1 Å². The molecule has 5 nitrogen and oxygen atoms in total. The van der Waals surface area contributed by atoms with Gasteiger partial charge in [-0.2, -0.15) is 0 Å². The van der Waals surface area contributed by atoms with Crippen LogP contribution in [0.25, 0.3) is 0 Å². The van der Waals surface area contributed by atoms with Crippen LogP contribution in [0.5, 0.6) is 5.75 Å². The van der Waals surface area contributed by atoms with Crippen molar-refractivity contribution in [1.82, 2.24) is 10.9 Å². The lowest BCUT2D eigenvalue weighted by Gasteiger charge is -2.29. The summed E-state index contributed by atoms with van der Waals surface area (Å²) >= 11 is 0. The van der Waals surface area contributed by atoms with Crippen molar-refractivity contribution in [2.24, 2.45) is 11.3 Å². The molecular formula is C20H32N2O3. The van der Waals surface area contributed by atoms with Crippen LogP contribution in [0.4, 0.5) is 0 Å². The molecule has 0 bridgehead atoms. The highest BCUT2D eigenvalue weighted by Gasteiger charge is 2.31. The lowest BCUT2D eigenvalue weighted by Crippen LogP contribution is -2.47. The molecule has 5 heteroatoms. The van der Waals surface area contributed by atoms with Crippen molar-refractivity contribution in [2.75, 3.05) is 7.11 Å². The van der Waals surface area contributed by atoms with E-state index in [4.69, 9.17) is 4.74 Å². The summed E-state index contributed by atoms with van der Waals surface area (Å²) in [5.41, 5.74) is 5.32. The van der Waals surface area contributed by atoms with E-state index in [1.807, 2.05) is 0 Å². The molecule has 0 aliphatic carbocycles. The highest BCUT2D eigenvalue weighted by atomic mass is 16.5.